The van der Waals surface area contributed by atoms with Gasteiger partial charge in [0.2, 0.25) is 0 Å². The predicted molar refractivity (Wildman–Crippen MR) is 73.1 cm³/mol. The van der Waals surface area contributed by atoms with Crippen molar-refractivity contribution >= 4 is 16.9 Å². The largest absolute Gasteiger partial charge is 0.481 e. The molecule has 2 rings (SSSR count). The van der Waals surface area contributed by atoms with Gasteiger partial charge in [-0.2, -0.15) is 0 Å². The molecule has 0 fully saturated rings. The summed E-state index contributed by atoms with van der Waals surface area (Å²) in [4.78, 5) is 11.2. The summed E-state index contributed by atoms with van der Waals surface area (Å²) in [6, 6.07) is 6.50. The van der Waals surface area contributed by atoms with Gasteiger partial charge in [-0.25, -0.2) is 0 Å². The van der Waals surface area contributed by atoms with Crippen LogP contribution in [0.2, 0.25) is 0 Å². The molecule has 0 aliphatic rings. The van der Waals surface area contributed by atoms with Gasteiger partial charge < -0.3 is 9.67 Å². The fraction of sp³-hybridized carbons (Fsp3) is 0.400. The summed E-state index contributed by atoms with van der Waals surface area (Å²) < 4.78 is 2.15. The number of aromatic nitrogens is 1. The SMILES string of the molecule is Cc1ccc2c(C(C)C(=O)O)cn(C(C)C)c2c1. The van der Waals surface area contributed by atoms with Crippen LogP contribution in [0.5, 0.6) is 0 Å². The Morgan fingerprint density at radius 1 is 1.28 bits per heavy atom. The van der Waals surface area contributed by atoms with Gasteiger partial charge in [-0.15, -0.1) is 0 Å². The Labute approximate surface area is 107 Å². The van der Waals surface area contributed by atoms with E-state index in [4.69, 9.17) is 0 Å². The summed E-state index contributed by atoms with van der Waals surface area (Å²) in [5, 5.41) is 10.2. The molecule has 1 aromatic carbocycles. The van der Waals surface area contributed by atoms with E-state index < -0.39 is 11.9 Å². The third-order valence-electron chi connectivity index (χ3n) is 3.41. The Bertz CT molecular complexity index is 596. The Hall–Kier alpha value is -1.77. The fourth-order valence-electron chi connectivity index (χ4n) is 2.29. The molecule has 0 aliphatic heterocycles. The van der Waals surface area contributed by atoms with Gasteiger partial charge in [0.05, 0.1) is 5.92 Å². The number of hydrogen-bond acceptors (Lipinski definition) is 1. The first-order valence-corrected chi connectivity index (χ1v) is 6.25. The van der Waals surface area contributed by atoms with E-state index in [0.717, 1.165) is 16.5 Å². The number of benzene rings is 1. The minimum absolute atomic E-state index is 0.323. The van der Waals surface area contributed by atoms with Crippen molar-refractivity contribution in [1.82, 2.24) is 4.57 Å². The molecule has 3 heteroatoms. The van der Waals surface area contributed by atoms with Crippen LogP contribution in [0.1, 0.15) is 43.9 Å². The van der Waals surface area contributed by atoms with Gasteiger partial charge in [0, 0.05) is 23.1 Å². The van der Waals surface area contributed by atoms with E-state index in [1.165, 1.54) is 5.56 Å². The van der Waals surface area contributed by atoms with E-state index in [-0.39, 0.29) is 0 Å². The third-order valence-corrected chi connectivity index (χ3v) is 3.41. The van der Waals surface area contributed by atoms with Crippen molar-refractivity contribution in [2.24, 2.45) is 0 Å². The smallest absolute Gasteiger partial charge is 0.310 e. The summed E-state index contributed by atoms with van der Waals surface area (Å²) in [6.45, 7) is 8.01. The third kappa shape index (κ3) is 2.01. The number of aliphatic carboxylic acids is 1. The highest BCUT2D eigenvalue weighted by atomic mass is 16.4. The Morgan fingerprint density at radius 3 is 2.50 bits per heavy atom. The molecule has 1 unspecified atom stereocenters. The normalized spacial score (nSPS) is 13.2. The summed E-state index contributed by atoms with van der Waals surface area (Å²) >= 11 is 0. The average molecular weight is 245 g/mol. The molecule has 18 heavy (non-hydrogen) atoms. The molecular formula is C15H19NO2. The van der Waals surface area contributed by atoms with Crippen LogP contribution >= 0.6 is 0 Å². The molecule has 0 radical (unpaired) electrons. The zero-order valence-electron chi connectivity index (χ0n) is 11.3. The van der Waals surface area contributed by atoms with Crippen LogP contribution in [-0.2, 0) is 4.79 Å². The van der Waals surface area contributed by atoms with E-state index >= 15 is 0 Å². The highest BCUT2D eigenvalue weighted by Gasteiger charge is 2.20. The van der Waals surface area contributed by atoms with Crippen molar-refractivity contribution in [3.63, 3.8) is 0 Å². The molecule has 1 aromatic heterocycles. The van der Waals surface area contributed by atoms with Crippen molar-refractivity contribution in [1.29, 1.82) is 0 Å². The first-order valence-electron chi connectivity index (χ1n) is 6.25. The van der Waals surface area contributed by atoms with Gasteiger partial charge in [0.15, 0.2) is 0 Å². The standard InChI is InChI=1S/C15H19NO2/c1-9(2)16-8-13(11(4)15(17)18)12-6-5-10(3)7-14(12)16/h5-9,11H,1-4H3,(H,17,18). The van der Waals surface area contributed by atoms with Crippen LogP contribution in [0, 0.1) is 6.92 Å². The molecule has 0 saturated heterocycles. The number of carbonyl (C=O) groups is 1. The van der Waals surface area contributed by atoms with Gasteiger partial charge in [-0.05, 0) is 44.9 Å². The van der Waals surface area contributed by atoms with Crippen LogP contribution < -0.4 is 0 Å². The lowest BCUT2D eigenvalue weighted by Gasteiger charge is -2.09. The van der Waals surface area contributed by atoms with Crippen molar-refractivity contribution in [2.45, 2.75) is 39.7 Å². The van der Waals surface area contributed by atoms with Crippen LogP contribution in [0.4, 0.5) is 0 Å². The van der Waals surface area contributed by atoms with Gasteiger partial charge in [0.25, 0.3) is 0 Å². The average Bonchev–Trinajstić information content (AvgIpc) is 2.66. The zero-order chi connectivity index (χ0) is 13.4. The van der Waals surface area contributed by atoms with E-state index in [2.05, 4.69) is 31.4 Å². The second-order valence-electron chi connectivity index (χ2n) is 5.17. The quantitative estimate of drug-likeness (QED) is 0.895. The van der Waals surface area contributed by atoms with Crippen molar-refractivity contribution in [3.05, 3.63) is 35.5 Å². The maximum absolute atomic E-state index is 11.2. The number of carboxylic acids is 1. The summed E-state index contributed by atoms with van der Waals surface area (Å²) in [5.74, 6) is -1.26. The second kappa shape index (κ2) is 4.48. The van der Waals surface area contributed by atoms with Gasteiger partial charge in [0.1, 0.15) is 0 Å². The molecule has 96 valence electrons. The highest BCUT2D eigenvalue weighted by Crippen LogP contribution is 2.30. The van der Waals surface area contributed by atoms with Crippen LogP contribution in [0.3, 0.4) is 0 Å². The summed E-state index contributed by atoms with van der Waals surface area (Å²) in [6.07, 6.45) is 1.98. The molecule has 0 bridgehead atoms. The molecule has 3 nitrogen and oxygen atoms in total. The van der Waals surface area contributed by atoms with Crippen LogP contribution in [0.25, 0.3) is 10.9 Å². The number of fused-ring (bicyclic) bond motifs is 1. The lowest BCUT2D eigenvalue weighted by atomic mass is 10.0. The molecular weight excluding hydrogens is 226 g/mol. The maximum Gasteiger partial charge on any atom is 0.310 e. The molecule has 1 heterocycles. The monoisotopic (exact) mass is 245 g/mol. The molecule has 0 aliphatic carbocycles. The molecule has 0 saturated carbocycles. The molecule has 1 N–H and O–H groups in total. The Kier molecular flexibility index (Phi) is 3.16. The van der Waals surface area contributed by atoms with E-state index in [1.807, 2.05) is 18.3 Å². The van der Waals surface area contributed by atoms with E-state index in [9.17, 15) is 9.90 Å². The number of rotatable bonds is 3. The van der Waals surface area contributed by atoms with E-state index in [1.54, 1.807) is 6.92 Å². The minimum atomic E-state index is -0.779. The Balaban J connectivity index is 2.72. The van der Waals surface area contributed by atoms with Gasteiger partial charge in [-0.3, -0.25) is 4.79 Å². The Morgan fingerprint density at radius 2 is 1.94 bits per heavy atom. The van der Waals surface area contributed by atoms with Gasteiger partial charge >= 0.3 is 5.97 Å². The predicted octanol–water partition coefficient (Wildman–Crippen LogP) is 3.72. The fourth-order valence-corrected chi connectivity index (χ4v) is 2.29. The van der Waals surface area contributed by atoms with Crippen molar-refractivity contribution in [2.75, 3.05) is 0 Å². The van der Waals surface area contributed by atoms with Crippen molar-refractivity contribution in [3.8, 4) is 0 Å². The number of aryl methyl sites for hydroxylation is 1. The molecule has 1 atom stereocenters. The van der Waals surface area contributed by atoms with Gasteiger partial charge in [-0.1, -0.05) is 12.1 Å². The second-order valence-corrected chi connectivity index (χ2v) is 5.17. The van der Waals surface area contributed by atoms with E-state index in [0.29, 0.717) is 6.04 Å². The number of nitrogens with zero attached hydrogens (tertiary/aromatic N) is 1. The summed E-state index contributed by atoms with van der Waals surface area (Å²) in [7, 11) is 0. The number of hydrogen-bond donors (Lipinski definition) is 1. The maximum atomic E-state index is 11.2. The van der Waals surface area contributed by atoms with Crippen LogP contribution in [-0.4, -0.2) is 15.6 Å². The molecule has 0 amide bonds. The minimum Gasteiger partial charge on any atom is -0.481 e. The number of carboxylic acid groups (broad SMARTS) is 1. The molecule has 0 spiro atoms. The van der Waals surface area contributed by atoms with Crippen molar-refractivity contribution < 1.29 is 9.90 Å². The lowest BCUT2D eigenvalue weighted by molar-refractivity contribution is -0.138. The molecule has 2 aromatic rings. The lowest BCUT2D eigenvalue weighted by Crippen LogP contribution is -2.07. The zero-order valence-corrected chi connectivity index (χ0v) is 11.3. The summed E-state index contributed by atoms with van der Waals surface area (Å²) in [5.41, 5.74) is 3.20. The first kappa shape index (κ1) is 12.7. The highest BCUT2D eigenvalue weighted by molar-refractivity contribution is 5.90. The first-order chi connectivity index (χ1) is 8.41. The topological polar surface area (TPSA) is 42.2 Å². The van der Waals surface area contributed by atoms with Crippen LogP contribution in [0.15, 0.2) is 24.4 Å².